The SMILES string of the molecule is Cn1ncc2ncc(C#Cc3ccc(CN(C(=O)c4cc5c(cc4F)nc(N)c4cnn(C)c45)C4CC4)nc3)cc21. The molecule has 0 saturated heterocycles. The molecule has 0 aliphatic heterocycles. The van der Waals surface area contributed by atoms with Gasteiger partial charge in [-0.1, -0.05) is 11.8 Å². The molecule has 7 rings (SSSR count). The van der Waals surface area contributed by atoms with Gasteiger partial charge in [-0.25, -0.2) is 9.37 Å². The average molecular weight is 546 g/mol. The molecule has 11 heteroatoms. The molecule has 0 atom stereocenters. The molecule has 41 heavy (non-hydrogen) atoms. The second-order valence-electron chi connectivity index (χ2n) is 10.2. The van der Waals surface area contributed by atoms with Gasteiger partial charge in [-0.3, -0.25) is 24.1 Å². The van der Waals surface area contributed by atoms with Gasteiger partial charge in [0.2, 0.25) is 0 Å². The third kappa shape index (κ3) is 4.39. The molecule has 202 valence electrons. The molecule has 10 nitrogen and oxygen atoms in total. The predicted molar refractivity (Wildman–Crippen MR) is 152 cm³/mol. The van der Waals surface area contributed by atoms with Gasteiger partial charge in [0.15, 0.2) is 0 Å². The van der Waals surface area contributed by atoms with E-state index in [9.17, 15) is 4.79 Å². The number of hydrogen-bond donors (Lipinski definition) is 1. The number of benzene rings is 1. The number of halogens is 1. The fourth-order valence-electron chi connectivity index (χ4n) is 5.06. The highest BCUT2D eigenvalue weighted by Crippen LogP contribution is 2.33. The molecule has 6 aromatic rings. The highest BCUT2D eigenvalue weighted by molar-refractivity contribution is 6.10. The largest absolute Gasteiger partial charge is 0.383 e. The summed E-state index contributed by atoms with van der Waals surface area (Å²) in [5.41, 5.74) is 11.0. The topological polar surface area (TPSA) is 121 Å². The van der Waals surface area contributed by atoms with Crippen molar-refractivity contribution in [3.63, 3.8) is 0 Å². The number of nitrogen functional groups attached to an aromatic ring is 1. The Labute approximate surface area is 233 Å². The molecule has 0 bridgehead atoms. The van der Waals surface area contributed by atoms with Crippen LogP contribution in [0.5, 0.6) is 0 Å². The summed E-state index contributed by atoms with van der Waals surface area (Å²) in [6.45, 7) is 0.261. The summed E-state index contributed by atoms with van der Waals surface area (Å²) in [6, 6.07) is 8.52. The van der Waals surface area contributed by atoms with Crippen molar-refractivity contribution < 1.29 is 9.18 Å². The zero-order chi connectivity index (χ0) is 28.2. The summed E-state index contributed by atoms with van der Waals surface area (Å²) in [5.74, 6) is 5.47. The van der Waals surface area contributed by atoms with E-state index in [0.717, 1.165) is 35.0 Å². The summed E-state index contributed by atoms with van der Waals surface area (Å²) >= 11 is 0. The Morgan fingerprint density at radius 2 is 1.76 bits per heavy atom. The van der Waals surface area contributed by atoms with Crippen LogP contribution in [0.3, 0.4) is 0 Å². The van der Waals surface area contributed by atoms with Crippen molar-refractivity contribution in [3.05, 3.63) is 83.3 Å². The number of nitrogens with two attached hydrogens (primary N) is 1. The third-order valence-corrected chi connectivity index (χ3v) is 7.38. The first-order valence-electron chi connectivity index (χ1n) is 13.1. The van der Waals surface area contributed by atoms with Crippen molar-refractivity contribution in [1.82, 2.24) is 39.4 Å². The molecule has 5 heterocycles. The van der Waals surface area contributed by atoms with Crippen LogP contribution in [0.1, 0.15) is 40.0 Å². The van der Waals surface area contributed by atoms with Crippen LogP contribution in [-0.4, -0.2) is 51.4 Å². The van der Waals surface area contributed by atoms with Crippen molar-refractivity contribution in [2.45, 2.75) is 25.4 Å². The Hall–Kier alpha value is -5.37. The third-order valence-electron chi connectivity index (χ3n) is 7.38. The lowest BCUT2D eigenvalue weighted by atomic mass is 10.1. The molecule has 0 unspecified atom stereocenters. The lowest BCUT2D eigenvalue weighted by Crippen LogP contribution is -2.33. The molecule has 0 spiro atoms. The van der Waals surface area contributed by atoms with Crippen LogP contribution in [0.4, 0.5) is 10.2 Å². The van der Waals surface area contributed by atoms with Gasteiger partial charge in [0.1, 0.15) is 17.2 Å². The van der Waals surface area contributed by atoms with Crippen molar-refractivity contribution in [1.29, 1.82) is 0 Å². The van der Waals surface area contributed by atoms with Gasteiger partial charge in [0, 0.05) is 55.1 Å². The number of aromatic nitrogens is 7. The number of carbonyl (C=O) groups is 1. The summed E-state index contributed by atoms with van der Waals surface area (Å²) < 4.78 is 18.7. The van der Waals surface area contributed by atoms with Crippen molar-refractivity contribution in [2.75, 3.05) is 5.73 Å². The van der Waals surface area contributed by atoms with Gasteiger partial charge in [-0.15, -0.1) is 0 Å². The molecule has 0 radical (unpaired) electrons. The van der Waals surface area contributed by atoms with Crippen LogP contribution in [0.25, 0.3) is 32.8 Å². The van der Waals surface area contributed by atoms with Crippen LogP contribution in [-0.2, 0) is 20.6 Å². The Morgan fingerprint density at radius 1 is 0.976 bits per heavy atom. The van der Waals surface area contributed by atoms with Crippen LogP contribution in [0.2, 0.25) is 0 Å². The minimum atomic E-state index is -0.640. The number of rotatable bonds is 4. The number of nitrogens with zero attached hydrogens (tertiary/aromatic N) is 8. The average Bonchev–Trinajstić information content (AvgIpc) is 3.64. The first-order chi connectivity index (χ1) is 19.9. The van der Waals surface area contributed by atoms with E-state index in [1.807, 2.05) is 25.2 Å². The molecular formula is C30H24FN9O. The van der Waals surface area contributed by atoms with E-state index in [0.29, 0.717) is 27.5 Å². The summed E-state index contributed by atoms with van der Waals surface area (Å²) in [5, 5.41) is 9.75. The number of pyridine rings is 3. The van der Waals surface area contributed by atoms with E-state index in [-0.39, 0.29) is 29.9 Å². The van der Waals surface area contributed by atoms with E-state index in [4.69, 9.17) is 5.73 Å². The molecule has 1 saturated carbocycles. The zero-order valence-corrected chi connectivity index (χ0v) is 22.3. The Morgan fingerprint density at radius 3 is 2.54 bits per heavy atom. The highest BCUT2D eigenvalue weighted by atomic mass is 19.1. The first-order valence-corrected chi connectivity index (χ1v) is 13.1. The lowest BCUT2D eigenvalue weighted by molar-refractivity contribution is 0.0723. The molecule has 5 aromatic heterocycles. The standard InChI is InChI=1S/C30H24FN9O/c1-38-27-9-18(13-34-26(27)15-36-38)4-3-17-5-6-19(33-12-17)16-40(20-7-8-20)30(41)21-10-22-25(11-24(21)31)37-29(32)23-14-35-39(2)28(22)23/h5-6,9-15,20H,7-8,16H2,1-2H3,(H2,32,37). The highest BCUT2D eigenvalue weighted by Gasteiger charge is 2.34. The molecular weight excluding hydrogens is 521 g/mol. The van der Waals surface area contributed by atoms with E-state index in [1.54, 1.807) is 52.2 Å². The maximum absolute atomic E-state index is 15.3. The minimum Gasteiger partial charge on any atom is -0.383 e. The summed E-state index contributed by atoms with van der Waals surface area (Å²) in [6.07, 6.45) is 8.46. The van der Waals surface area contributed by atoms with Crippen molar-refractivity contribution in [2.24, 2.45) is 14.1 Å². The van der Waals surface area contributed by atoms with Crippen LogP contribution < -0.4 is 5.73 Å². The smallest absolute Gasteiger partial charge is 0.257 e. The minimum absolute atomic E-state index is 0.0139. The summed E-state index contributed by atoms with van der Waals surface area (Å²) in [4.78, 5) is 28.7. The van der Waals surface area contributed by atoms with Gasteiger partial charge in [-0.2, -0.15) is 10.2 Å². The first kappa shape index (κ1) is 24.7. The van der Waals surface area contributed by atoms with Crippen LogP contribution in [0, 0.1) is 17.7 Å². The van der Waals surface area contributed by atoms with E-state index >= 15 is 4.39 Å². The van der Waals surface area contributed by atoms with Gasteiger partial charge in [0.25, 0.3) is 5.91 Å². The second-order valence-corrected chi connectivity index (χ2v) is 10.2. The number of carbonyl (C=O) groups excluding carboxylic acids is 1. The number of anilines is 1. The van der Waals surface area contributed by atoms with Crippen LogP contribution >= 0.6 is 0 Å². The normalized spacial score (nSPS) is 13.0. The second kappa shape index (κ2) is 9.38. The van der Waals surface area contributed by atoms with Gasteiger partial charge in [0.05, 0.1) is 52.1 Å². The maximum Gasteiger partial charge on any atom is 0.257 e. The lowest BCUT2D eigenvalue weighted by Gasteiger charge is -2.23. The maximum atomic E-state index is 15.3. The van der Waals surface area contributed by atoms with E-state index < -0.39 is 5.82 Å². The number of aryl methyl sites for hydroxylation is 2. The van der Waals surface area contributed by atoms with Crippen molar-refractivity contribution >= 4 is 44.6 Å². The zero-order valence-electron chi connectivity index (χ0n) is 22.3. The molecule has 1 amide bonds. The number of fused-ring (bicyclic) bond motifs is 4. The Balaban J connectivity index is 1.15. The fourth-order valence-corrected chi connectivity index (χ4v) is 5.06. The van der Waals surface area contributed by atoms with Gasteiger partial charge < -0.3 is 10.6 Å². The molecule has 1 aliphatic rings. The number of hydrogen-bond acceptors (Lipinski definition) is 7. The monoisotopic (exact) mass is 545 g/mol. The van der Waals surface area contributed by atoms with Crippen LogP contribution in [0.15, 0.2) is 55.1 Å². The molecule has 2 N–H and O–H groups in total. The predicted octanol–water partition coefficient (Wildman–Crippen LogP) is 3.72. The van der Waals surface area contributed by atoms with Crippen molar-refractivity contribution in [3.8, 4) is 11.8 Å². The molecule has 1 aliphatic carbocycles. The Bertz CT molecular complexity index is 2060. The summed E-state index contributed by atoms with van der Waals surface area (Å²) in [7, 11) is 3.64. The quantitative estimate of drug-likeness (QED) is 0.335. The fraction of sp³-hybridized carbons (Fsp3) is 0.200. The Kier molecular flexibility index (Phi) is 5.64. The van der Waals surface area contributed by atoms with Gasteiger partial charge >= 0.3 is 0 Å². The van der Waals surface area contributed by atoms with E-state index in [2.05, 4.69) is 37.0 Å². The molecule has 1 aromatic carbocycles. The van der Waals surface area contributed by atoms with E-state index in [1.165, 1.54) is 6.07 Å². The molecule has 1 fully saturated rings. The number of amides is 1. The van der Waals surface area contributed by atoms with Gasteiger partial charge in [-0.05, 0) is 37.1 Å².